The molecule has 6 nitrogen and oxygen atoms in total. The second kappa shape index (κ2) is 4.32. The van der Waals surface area contributed by atoms with E-state index in [2.05, 4.69) is 0 Å². The fourth-order valence-corrected chi connectivity index (χ4v) is 1.36. The highest BCUT2D eigenvalue weighted by Gasteiger charge is 2.42. The summed E-state index contributed by atoms with van der Waals surface area (Å²) in [6, 6.07) is -0.747. The Labute approximate surface area is 76.4 Å². The van der Waals surface area contributed by atoms with Gasteiger partial charge in [-0.1, -0.05) is 0 Å². The van der Waals surface area contributed by atoms with Crippen LogP contribution >= 0.6 is 0 Å². The Morgan fingerprint density at radius 3 is 2.46 bits per heavy atom. The fourth-order valence-electron chi connectivity index (χ4n) is 1.36. The van der Waals surface area contributed by atoms with Crippen molar-refractivity contribution >= 4 is 0 Å². The molecular formula is C7H16N2O4. The van der Waals surface area contributed by atoms with Gasteiger partial charge in [0, 0.05) is 13.7 Å². The fraction of sp³-hybridized carbons (Fsp3) is 1.00. The third kappa shape index (κ3) is 1.98. The lowest BCUT2D eigenvalue weighted by molar-refractivity contribution is -0.248. The van der Waals surface area contributed by atoms with Gasteiger partial charge in [-0.3, -0.25) is 0 Å². The first kappa shape index (κ1) is 10.8. The quantitative estimate of drug-likeness (QED) is 0.381. The van der Waals surface area contributed by atoms with Crippen LogP contribution in [0.3, 0.4) is 0 Å². The molecule has 6 heteroatoms. The van der Waals surface area contributed by atoms with Crippen molar-refractivity contribution in [2.24, 2.45) is 11.5 Å². The molecule has 0 spiro atoms. The van der Waals surface area contributed by atoms with Gasteiger partial charge in [0.2, 0.25) is 0 Å². The Bertz CT molecular complexity index is 149. The molecule has 1 rings (SSSR count). The maximum absolute atomic E-state index is 9.46. The lowest BCUT2D eigenvalue weighted by Gasteiger charge is -2.40. The van der Waals surface area contributed by atoms with Crippen molar-refractivity contribution in [1.29, 1.82) is 0 Å². The zero-order chi connectivity index (χ0) is 10.0. The molecule has 5 atom stereocenters. The van der Waals surface area contributed by atoms with E-state index in [4.69, 9.17) is 20.9 Å². The molecule has 13 heavy (non-hydrogen) atoms. The van der Waals surface area contributed by atoms with Crippen LogP contribution in [-0.4, -0.2) is 54.5 Å². The average Bonchev–Trinajstić information content (AvgIpc) is 2.15. The van der Waals surface area contributed by atoms with Crippen LogP contribution in [0.25, 0.3) is 0 Å². The molecule has 0 radical (unpaired) electrons. The van der Waals surface area contributed by atoms with Gasteiger partial charge in [0.05, 0.1) is 6.04 Å². The Hall–Kier alpha value is -0.240. The Morgan fingerprint density at radius 1 is 1.38 bits per heavy atom. The summed E-state index contributed by atoms with van der Waals surface area (Å²) in [6.07, 6.45) is -3.45. The van der Waals surface area contributed by atoms with Gasteiger partial charge in [-0.15, -0.1) is 0 Å². The minimum Gasteiger partial charge on any atom is -0.388 e. The largest absolute Gasteiger partial charge is 0.388 e. The number of hydrogen-bond acceptors (Lipinski definition) is 6. The maximum Gasteiger partial charge on any atom is 0.175 e. The number of aliphatic hydroxyl groups excluding tert-OH is 2. The third-order valence-electron chi connectivity index (χ3n) is 2.21. The number of hydrogen-bond donors (Lipinski definition) is 4. The molecule has 0 bridgehead atoms. The molecule has 6 N–H and O–H groups in total. The predicted octanol–water partition coefficient (Wildman–Crippen LogP) is -2.63. The third-order valence-corrected chi connectivity index (χ3v) is 2.21. The lowest BCUT2D eigenvalue weighted by atomic mass is 9.97. The monoisotopic (exact) mass is 192 g/mol. The van der Waals surface area contributed by atoms with Crippen molar-refractivity contribution < 1.29 is 19.7 Å². The molecule has 0 saturated carbocycles. The first-order valence-corrected chi connectivity index (χ1v) is 4.11. The molecule has 1 saturated heterocycles. The number of aliphatic hydroxyl groups is 2. The molecule has 0 aliphatic carbocycles. The summed E-state index contributed by atoms with van der Waals surface area (Å²) in [5.41, 5.74) is 10.9. The van der Waals surface area contributed by atoms with Crippen molar-refractivity contribution in [3.05, 3.63) is 0 Å². The minimum atomic E-state index is -1.06. The molecule has 0 aromatic heterocycles. The summed E-state index contributed by atoms with van der Waals surface area (Å²) in [5, 5.41) is 18.9. The smallest absolute Gasteiger partial charge is 0.175 e. The minimum absolute atomic E-state index is 0.116. The van der Waals surface area contributed by atoms with Crippen LogP contribution in [-0.2, 0) is 9.47 Å². The summed E-state index contributed by atoms with van der Waals surface area (Å²) in [4.78, 5) is 0. The van der Waals surface area contributed by atoms with Crippen molar-refractivity contribution in [2.75, 3.05) is 13.7 Å². The highest BCUT2D eigenvalue weighted by molar-refractivity contribution is 4.91. The van der Waals surface area contributed by atoms with Crippen molar-refractivity contribution in [1.82, 2.24) is 0 Å². The van der Waals surface area contributed by atoms with Crippen molar-refractivity contribution in [2.45, 2.75) is 30.6 Å². The summed E-state index contributed by atoms with van der Waals surface area (Å²) in [7, 11) is 1.42. The Morgan fingerprint density at radius 2 is 2.00 bits per heavy atom. The van der Waals surface area contributed by atoms with Gasteiger partial charge in [-0.25, -0.2) is 0 Å². The standard InChI is InChI=1S/C7H16N2O4/c1-12-7-4(9)6(11)5(10)3(2-8)13-7/h3-7,10-11H,2,8-9H2,1H3/t3?,4-,5+,6+,7?/m0/s1. The van der Waals surface area contributed by atoms with Gasteiger partial charge < -0.3 is 31.2 Å². The first-order valence-electron chi connectivity index (χ1n) is 4.11. The van der Waals surface area contributed by atoms with E-state index in [0.717, 1.165) is 0 Å². The highest BCUT2D eigenvalue weighted by atomic mass is 16.7. The van der Waals surface area contributed by atoms with E-state index in [1.165, 1.54) is 7.11 Å². The first-order chi connectivity index (χ1) is 6.11. The summed E-state index contributed by atoms with van der Waals surface area (Å²) in [6.45, 7) is 0.116. The second-order valence-corrected chi connectivity index (χ2v) is 3.07. The molecule has 1 fully saturated rings. The summed E-state index contributed by atoms with van der Waals surface area (Å²) < 4.78 is 10.1. The van der Waals surface area contributed by atoms with Gasteiger partial charge in [-0.05, 0) is 0 Å². The molecule has 1 aliphatic heterocycles. The zero-order valence-electron chi connectivity index (χ0n) is 7.46. The van der Waals surface area contributed by atoms with Crippen molar-refractivity contribution in [3.8, 4) is 0 Å². The van der Waals surface area contributed by atoms with Crippen LogP contribution in [0.4, 0.5) is 0 Å². The molecular weight excluding hydrogens is 176 g/mol. The summed E-state index contributed by atoms with van der Waals surface area (Å²) >= 11 is 0. The molecule has 1 aliphatic rings. The predicted molar refractivity (Wildman–Crippen MR) is 44.7 cm³/mol. The number of nitrogens with two attached hydrogens (primary N) is 2. The van der Waals surface area contributed by atoms with Crippen LogP contribution in [0, 0.1) is 0 Å². The summed E-state index contributed by atoms with van der Waals surface area (Å²) in [5.74, 6) is 0. The van der Waals surface area contributed by atoms with Crippen LogP contribution in [0.1, 0.15) is 0 Å². The van der Waals surface area contributed by atoms with E-state index in [1.54, 1.807) is 0 Å². The molecule has 0 amide bonds. The number of methoxy groups -OCH3 is 1. The van der Waals surface area contributed by atoms with E-state index in [-0.39, 0.29) is 6.54 Å². The van der Waals surface area contributed by atoms with Crippen LogP contribution in [0.5, 0.6) is 0 Å². The molecule has 0 aromatic carbocycles. The van der Waals surface area contributed by atoms with E-state index < -0.39 is 30.6 Å². The van der Waals surface area contributed by atoms with E-state index in [0.29, 0.717) is 0 Å². The molecule has 1 heterocycles. The van der Waals surface area contributed by atoms with E-state index >= 15 is 0 Å². The maximum atomic E-state index is 9.46. The van der Waals surface area contributed by atoms with Crippen LogP contribution in [0.15, 0.2) is 0 Å². The molecule has 2 unspecified atom stereocenters. The Kier molecular flexibility index (Phi) is 3.60. The molecule has 0 aromatic rings. The van der Waals surface area contributed by atoms with E-state index in [9.17, 15) is 10.2 Å². The van der Waals surface area contributed by atoms with Crippen LogP contribution in [0.2, 0.25) is 0 Å². The van der Waals surface area contributed by atoms with Crippen LogP contribution < -0.4 is 11.5 Å². The Balaban J connectivity index is 2.66. The lowest BCUT2D eigenvalue weighted by Crippen LogP contribution is -2.62. The number of ether oxygens (including phenoxy) is 2. The normalized spacial score (nSPS) is 46.4. The van der Waals surface area contributed by atoms with Gasteiger partial charge in [0.25, 0.3) is 0 Å². The number of rotatable bonds is 2. The van der Waals surface area contributed by atoms with Gasteiger partial charge >= 0.3 is 0 Å². The second-order valence-electron chi connectivity index (χ2n) is 3.07. The van der Waals surface area contributed by atoms with Gasteiger partial charge in [0.1, 0.15) is 18.3 Å². The van der Waals surface area contributed by atoms with E-state index in [1.807, 2.05) is 0 Å². The SMILES string of the molecule is COC1OC(CN)[C@@H](O)[C@H](O)[C@@H]1N. The topological polar surface area (TPSA) is 111 Å². The van der Waals surface area contributed by atoms with Gasteiger partial charge in [0.15, 0.2) is 6.29 Å². The van der Waals surface area contributed by atoms with Gasteiger partial charge in [-0.2, -0.15) is 0 Å². The zero-order valence-corrected chi connectivity index (χ0v) is 7.46. The molecule has 78 valence electrons. The average molecular weight is 192 g/mol. The van der Waals surface area contributed by atoms with Crippen molar-refractivity contribution in [3.63, 3.8) is 0 Å². The highest BCUT2D eigenvalue weighted by Crippen LogP contribution is 2.19.